The molecule has 0 aliphatic heterocycles. The molecule has 0 amide bonds. The van der Waals surface area contributed by atoms with Gasteiger partial charge in [-0.25, -0.2) is 4.98 Å². The van der Waals surface area contributed by atoms with Gasteiger partial charge in [0.1, 0.15) is 11.8 Å². The van der Waals surface area contributed by atoms with E-state index in [1.165, 1.54) is 6.20 Å². The van der Waals surface area contributed by atoms with Crippen molar-refractivity contribution in [2.45, 2.75) is 10.6 Å². The van der Waals surface area contributed by atoms with Crippen molar-refractivity contribution in [1.82, 2.24) is 4.98 Å². The van der Waals surface area contributed by atoms with Gasteiger partial charge in [0, 0.05) is 11.9 Å². The summed E-state index contributed by atoms with van der Waals surface area (Å²) in [6.45, 7) is 0. The van der Waals surface area contributed by atoms with Crippen molar-refractivity contribution in [2.24, 2.45) is 0 Å². The van der Waals surface area contributed by atoms with Gasteiger partial charge in [0.25, 0.3) is 0 Å². The normalized spacial score (nSPS) is 11.8. The van der Waals surface area contributed by atoms with E-state index in [1.54, 1.807) is 30.3 Å². The number of rotatable bonds is 3. The molecule has 6 heteroatoms. The first-order valence-corrected chi connectivity index (χ1v) is 7.08. The molecule has 4 nitrogen and oxygen atoms in total. The average Bonchev–Trinajstić information content (AvgIpc) is 2.41. The van der Waals surface area contributed by atoms with Gasteiger partial charge in [-0.2, -0.15) is 5.26 Å². The first-order chi connectivity index (χ1) is 9.10. The Kier molecular flexibility index (Phi) is 4.15. The van der Waals surface area contributed by atoms with Crippen molar-refractivity contribution >= 4 is 28.1 Å². The molecule has 0 bridgehead atoms. The van der Waals surface area contributed by atoms with Gasteiger partial charge in [-0.3, -0.25) is 4.21 Å². The number of nitrogen functional groups attached to an aromatic ring is 1. The molecule has 0 aliphatic carbocycles. The van der Waals surface area contributed by atoms with Gasteiger partial charge in [0.05, 0.1) is 26.5 Å². The largest absolute Gasteiger partial charge is 0.399 e. The summed E-state index contributed by atoms with van der Waals surface area (Å²) in [5.74, 6) is 0.264. The molecule has 0 aliphatic rings. The van der Waals surface area contributed by atoms with Gasteiger partial charge in [0.2, 0.25) is 0 Å². The van der Waals surface area contributed by atoms with Crippen molar-refractivity contribution < 1.29 is 4.21 Å². The number of hydrogen-bond acceptors (Lipinski definition) is 4. The van der Waals surface area contributed by atoms with Gasteiger partial charge in [-0.1, -0.05) is 11.6 Å². The molecule has 0 saturated carbocycles. The molecule has 1 atom stereocenters. The second kappa shape index (κ2) is 5.83. The maximum atomic E-state index is 12.3. The van der Waals surface area contributed by atoms with Crippen molar-refractivity contribution in [2.75, 3.05) is 5.73 Å². The molecule has 1 unspecified atom stereocenters. The molecule has 2 aromatic rings. The molecule has 1 heterocycles. The lowest BCUT2D eigenvalue weighted by atomic mass is 10.2. The SMILES string of the molecule is N#Cc1cc(CS(=O)c2cc(N)ccc2Cl)ccn1. The zero-order valence-electron chi connectivity index (χ0n) is 9.84. The highest BCUT2D eigenvalue weighted by molar-refractivity contribution is 7.84. The van der Waals surface area contributed by atoms with E-state index in [-0.39, 0.29) is 5.75 Å². The standard InChI is InChI=1S/C13H10ClN3OS/c14-12-2-1-10(16)6-13(12)19(18)8-9-3-4-17-11(5-9)7-15/h1-6H,8,16H2. The Morgan fingerprint density at radius 3 is 2.89 bits per heavy atom. The van der Waals surface area contributed by atoms with Gasteiger partial charge >= 0.3 is 0 Å². The lowest BCUT2D eigenvalue weighted by molar-refractivity contribution is 0.682. The number of benzene rings is 1. The molecule has 2 rings (SSSR count). The van der Waals surface area contributed by atoms with Crippen LogP contribution in [0.4, 0.5) is 5.69 Å². The summed E-state index contributed by atoms with van der Waals surface area (Å²) in [6.07, 6.45) is 1.52. The fourth-order valence-corrected chi connectivity index (χ4v) is 3.12. The molecule has 0 radical (unpaired) electrons. The zero-order valence-corrected chi connectivity index (χ0v) is 11.4. The van der Waals surface area contributed by atoms with E-state index >= 15 is 0 Å². The summed E-state index contributed by atoms with van der Waals surface area (Å²) in [7, 11) is -1.32. The minimum absolute atomic E-state index is 0.264. The monoisotopic (exact) mass is 291 g/mol. The number of nitrogens with two attached hydrogens (primary N) is 1. The average molecular weight is 292 g/mol. The maximum absolute atomic E-state index is 12.3. The van der Waals surface area contributed by atoms with Gasteiger partial charge < -0.3 is 5.73 Å². The molecular formula is C13H10ClN3OS. The Morgan fingerprint density at radius 1 is 1.37 bits per heavy atom. The number of pyridine rings is 1. The summed E-state index contributed by atoms with van der Waals surface area (Å²) in [5.41, 5.74) is 7.24. The molecule has 2 N–H and O–H groups in total. The summed E-state index contributed by atoms with van der Waals surface area (Å²) in [4.78, 5) is 4.36. The number of nitriles is 1. The Balaban J connectivity index is 2.26. The van der Waals surface area contributed by atoms with Crippen LogP contribution in [0.2, 0.25) is 5.02 Å². The van der Waals surface area contributed by atoms with E-state index in [9.17, 15) is 4.21 Å². The summed E-state index contributed by atoms with van der Waals surface area (Å²) in [6, 6.07) is 10.2. The van der Waals surface area contributed by atoms with E-state index < -0.39 is 10.8 Å². The van der Waals surface area contributed by atoms with E-state index in [1.807, 2.05) is 6.07 Å². The Morgan fingerprint density at radius 2 is 2.16 bits per heavy atom. The summed E-state index contributed by atoms with van der Waals surface area (Å²) in [5, 5.41) is 9.19. The van der Waals surface area contributed by atoms with E-state index in [0.717, 1.165) is 5.56 Å². The van der Waals surface area contributed by atoms with Crippen LogP contribution in [-0.2, 0) is 16.6 Å². The Bertz CT molecular complexity index is 682. The Hall–Kier alpha value is -1.90. The third-order valence-corrected chi connectivity index (χ3v) is 4.30. The van der Waals surface area contributed by atoms with Crippen molar-refractivity contribution in [3.63, 3.8) is 0 Å². The van der Waals surface area contributed by atoms with Crippen LogP contribution in [0.1, 0.15) is 11.3 Å². The zero-order chi connectivity index (χ0) is 13.8. The molecule has 0 spiro atoms. The Labute approximate surface area is 118 Å². The first kappa shape index (κ1) is 13.5. The van der Waals surface area contributed by atoms with Crippen LogP contribution >= 0.6 is 11.6 Å². The molecule has 1 aromatic carbocycles. The van der Waals surface area contributed by atoms with Crippen LogP contribution in [0.25, 0.3) is 0 Å². The van der Waals surface area contributed by atoms with E-state index in [0.29, 0.717) is 21.3 Å². The fraction of sp³-hybridized carbons (Fsp3) is 0.0769. The van der Waals surface area contributed by atoms with Crippen LogP contribution in [0.15, 0.2) is 41.4 Å². The molecular weight excluding hydrogens is 282 g/mol. The predicted octanol–water partition coefficient (Wildman–Crippen LogP) is 2.50. The molecule has 0 fully saturated rings. The highest BCUT2D eigenvalue weighted by Gasteiger charge is 2.10. The molecule has 19 heavy (non-hydrogen) atoms. The van der Waals surface area contributed by atoms with Crippen LogP contribution < -0.4 is 5.73 Å². The van der Waals surface area contributed by atoms with Crippen LogP contribution in [0.5, 0.6) is 0 Å². The summed E-state index contributed by atoms with van der Waals surface area (Å²) >= 11 is 6.00. The number of hydrogen-bond donors (Lipinski definition) is 1. The highest BCUT2D eigenvalue weighted by atomic mass is 35.5. The van der Waals surface area contributed by atoms with Crippen molar-refractivity contribution in [3.8, 4) is 6.07 Å². The van der Waals surface area contributed by atoms with Crippen molar-refractivity contribution in [1.29, 1.82) is 5.26 Å². The fourth-order valence-electron chi connectivity index (χ4n) is 1.55. The maximum Gasteiger partial charge on any atom is 0.140 e. The first-order valence-electron chi connectivity index (χ1n) is 5.38. The van der Waals surface area contributed by atoms with E-state index in [2.05, 4.69) is 4.98 Å². The second-order valence-electron chi connectivity index (χ2n) is 3.84. The lowest BCUT2D eigenvalue weighted by Gasteiger charge is -2.06. The van der Waals surface area contributed by atoms with Gasteiger partial charge in [-0.15, -0.1) is 0 Å². The van der Waals surface area contributed by atoms with Crippen LogP contribution in [0, 0.1) is 11.3 Å². The van der Waals surface area contributed by atoms with Crippen LogP contribution in [0.3, 0.4) is 0 Å². The topological polar surface area (TPSA) is 79.8 Å². The van der Waals surface area contributed by atoms with Crippen LogP contribution in [-0.4, -0.2) is 9.19 Å². The predicted molar refractivity (Wildman–Crippen MR) is 74.9 cm³/mol. The minimum atomic E-state index is -1.32. The number of nitrogens with zero attached hydrogens (tertiary/aromatic N) is 2. The summed E-state index contributed by atoms with van der Waals surface area (Å²) < 4.78 is 12.3. The minimum Gasteiger partial charge on any atom is -0.399 e. The number of halogens is 1. The third-order valence-electron chi connectivity index (χ3n) is 2.44. The lowest BCUT2D eigenvalue weighted by Crippen LogP contribution is -1.99. The van der Waals surface area contributed by atoms with Crippen molar-refractivity contribution in [3.05, 3.63) is 52.8 Å². The molecule has 1 aromatic heterocycles. The third kappa shape index (κ3) is 3.31. The van der Waals surface area contributed by atoms with E-state index in [4.69, 9.17) is 22.6 Å². The highest BCUT2D eigenvalue weighted by Crippen LogP contribution is 2.24. The van der Waals surface area contributed by atoms with Gasteiger partial charge in [-0.05, 0) is 35.9 Å². The van der Waals surface area contributed by atoms with Gasteiger partial charge in [0.15, 0.2) is 0 Å². The quantitative estimate of drug-likeness (QED) is 0.881. The smallest absolute Gasteiger partial charge is 0.140 e. The number of aromatic nitrogens is 1. The molecule has 0 saturated heterocycles. The number of anilines is 1. The molecule has 96 valence electrons. The second-order valence-corrected chi connectivity index (χ2v) is 5.67.